The molecule has 0 fully saturated rings. The summed E-state index contributed by atoms with van der Waals surface area (Å²) in [6.07, 6.45) is 2.02. The average molecular weight is 88.1 g/mol. The summed E-state index contributed by atoms with van der Waals surface area (Å²) in [7, 11) is 0. The molecule has 0 spiro atoms. The lowest BCUT2D eigenvalue weighted by atomic mass is 10.6. The summed E-state index contributed by atoms with van der Waals surface area (Å²) < 4.78 is 11.0. The van der Waals surface area contributed by atoms with Crippen molar-refractivity contribution in [1.82, 2.24) is 0 Å². The smallest absolute Gasteiger partial charge is 0.270 e. The second kappa shape index (κ2) is 2.45. The van der Waals surface area contributed by atoms with Crippen LogP contribution in [0.1, 0.15) is 0 Å². The maximum atomic E-state index is 11.0. The number of allylic oxidation sites excluding steroid dienone is 2. The molecule has 0 aliphatic heterocycles. The van der Waals surface area contributed by atoms with Crippen LogP contribution < -0.4 is 0 Å². The van der Waals surface area contributed by atoms with E-state index in [2.05, 4.69) is 6.58 Å². The van der Waals surface area contributed by atoms with Crippen molar-refractivity contribution >= 4 is 0 Å². The Morgan fingerprint density at radius 2 is 2.33 bits per heavy atom. The van der Waals surface area contributed by atoms with Crippen LogP contribution in [0.4, 0.5) is 4.39 Å². The molecular weight excluding hydrogens is 83.0 g/mol. The first kappa shape index (κ1) is 5.21. The first-order valence-corrected chi connectivity index (χ1v) is 1.44. The fourth-order valence-electron chi connectivity index (χ4n) is 0.0972. The Bertz CT molecular complexity index is 71.6. The predicted octanol–water partition coefficient (Wildman–Crippen LogP) is 1.54. The summed E-state index contributed by atoms with van der Waals surface area (Å²) in [4.78, 5) is 0. The van der Waals surface area contributed by atoms with Gasteiger partial charge in [0.05, 0.1) is 0 Å². The van der Waals surface area contributed by atoms with Crippen molar-refractivity contribution in [3.63, 3.8) is 0 Å². The zero-order valence-corrected chi connectivity index (χ0v) is 3.19. The van der Waals surface area contributed by atoms with Crippen molar-refractivity contribution in [2.24, 2.45) is 0 Å². The summed E-state index contributed by atoms with van der Waals surface area (Å²) in [5, 5.41) is 7.68. The molecule has 0 bridgehead atoms. The molecule has 2 heteroatoms. The summed E-state index contributed by atoms with van der Waals surface area (Å²) in [6.45, 7) is 3.12. The highest BCUT2D eigenvalue weighted by Gasteiger charge is 1.73. The van der Waals surface area contributed by atoms with Crippen LogP contribution in [-0.2, 0) is 0 Å². The number of aliphatic hydroxyl groups is 1. The first-order valence-electron chi connectivity index (χ1n) is 1.44. The largest absolute Gasteiger partial charge is 0.486 e. The molecule has 6 heavy (non-hydrogen) atoms. The van der Waals surface area contributed by atoms with Crippen LogP contribution in [0.5, 0.6) is 0 Å². The third-order valence-corrected chi connectivity index (χ3v) is 0.255. The number of rotatable bonds is 1. The minimum absolute atomic E-state index is 0.861. The molecule has 0 aromatic rings. The lowest BCUT2D eigenvalue weighted by Crippen LogP contribution is -1.59. The van der Waals surface area contributed by atoms with Gasteiger partial charge in [-0.1, -0.05) is 12.7 Å². The van der Waals surface area contributed by atoms with E-state index in [0.29, 0.717) is 0 Å². The van der Waals surface area contributed by atoms with Gasteiger partial charge in [0.2, 0.25) is 0 Å². The number of hydrogen-bond donors (Lipinski definition) is 1. The molecule has 0 saturated heterocycles. The molecule has 0 rings (SSSR count). The highest BCUT2D eigenvalue weighted by atomic mass is 19.1. The van der Waals surface area contributed by atoms with E-state index < -0.39 is 6.01 Å². The molecule has 1 N–H and O–H groups in total. The van der Waals surface area contributed by atoms with Crippen molar-refractivity contribution in [2.45, 2.75) is 0 Å². The van der Waals surface area contributed by atoms with E-state index >= 15 is 0 Å². The third-order valence-electron chi connectivity index (χ3n) is 0.255. The topological polar surface area (TPSA) is 20.2 Å². The van der Waals surface area contributed by atoms with Gasteiger partial charge in [-0.15, -0.1) is 0 Å². The van der Waals surface area contributed by atoms with Crippen molar-refractivity contribution in [2.75, 3.05) is 0 Å². The highest BCUT2D eigenvalue weighted by molar-refractivity contribution is 4.96. The fraction of sp³-hybridized carbons (Fsp3) is 0. The van der Waals surface area contributed by atoms with Crippen LogP contribution in [-0.4, -0.2) is 5.11 Å². The number of hydrogen-bond acceptors (Lipinski definition) is 1. The Hall–Kier alpha value is -0.790. The highest BCUT2D eigenvalue weighted by Crippen LogP contribution is 1.85. The lowest BCUT2D eigenvalue weighted by Gasteiger charge is -1.71. The molecule has 0 unspecified atom stereocenters. The minimum Gasteiger partial charge on any atom is -0.486 e. The van der Waals surface area contributed by atoms with Crippen molar-refractivity contribution in [1.29, 1.82) is 0 Å². The molecular formula is C4H5FO. The Morgan fingerprint density at radius 1 is 1.83 bits per heavy atom. The first-order chi connectivity index (χ1) is 2.77. The molecule has 0 saturated carbocycles. The van der Waals surface area contributed by atoms with Crippen molar-refractivity contribution in [3.8, 4) is 0 Å². The molecule has 0 aromatic carbocycles. The molecule has 0 radical (unpaired) electrons. The molecule has 34 valence electrons. The maximum absolute atomic E-state index is 11.0. The van der Waals surface area contributed by atoms with Gasteiger partial charge in [0.15, 0.2) is 0 Å². The van der Waals surface area contributed by atoms with Crippen LogP contribution >= 0.6 is 0 Å². The lowest BCUT2D eigenvalue weighted by molar-refractivity contribution is 0.283. The SMILES string of the molecule is C=C/C=C(/O)F. The minimum atomic E-state index is -1.20. The van der Waals surface area contributed by atoms with Gasteiger partial charge in [-0.3, -0.25) is 0 Å². The molecule has 0 aliphatic carbocycles. The average Bonchev–Trinajstić information content (AvgIpc) is 1.35. The van der Waals surface area contributed by atoms with Crippen LogP contribution in [0.3, 0.4) is 0 Å². The van der Waals surface area contributed by atoms with Gasteiger partial charge in [-0.05, 0) is 0 Å². The van der Waals surface area contributed by atoms with Crippen LogP contribution in [0.15, 0.2) is 24.7 Å². The number of aliphatic hydroxyl groups excluding tert-OH is 1. The molecule has 0 aromatic heterocycles. The van der Waals surface area contributed by atoms with Gasteiger partial charge in [0, 0.05) is 6.08 Å². The summed E-state index contributed by atoms with van der Waals surface area (Å²) in [5.41, 5.74) is 0. The zero-order valence-electron chi connectivity index (χ0n) is 3.19. The predicted molar refractivity (Wildman–Crippen MR) is 22.0 cm³/mol. The van der Waals surface area contributed by atoms with Gasteiger partial charge >= 0.3 is 0 Å². The standard InChI is InChI=1S/C4H5FO/c1-2-3-4(5)6/h2-3,6H,1H2/b4-3+. The van der Waals surface area contributed by atoms with E-state index in [4.69, 9.17) is 5.11 Å². The van der Waals surface area contributed by atoms with Gasteiger partial charge in [0.25, 0.3) is 6.01 Å². The summed E-state index contributed by atoms with van der Waals surface area (Å²) >= 11 is 0. The Kier molecular flexibility index (Phi) is 2.13. The maximum Gasteiger partial charge on any atom is 0.270 e. The Morgan fingerprint density at radius 3 is 2.33 bits per heavy atom. The number of halogens is 1. The fourth-order valence-corrected chi connectivity index (χ4v) is 0.0972. The van der Waals surface area contributed by atoms with Gasteiger partial charge in [-0.2, -0.15) is 4.39 Å². The second-order valence-electron chi connectivity index (χ2n) is 0.725. The van der Waals surface area contributed by atoms with Gasteiger partial charge in [-0.25, -0.2) is 0 Å². The van der Waals surface area contributed by atoms with E-state index in [1.54, 1.807) is 0 Å². The Balaban J connectivity index is 3.41. The monoisotopic (exact) mass is 88.0 g/mol. The van der Waals surface area contributed by atoms with Gasteiger partial charge < -0.3 is 5.11 Å². The molecule has 0 amide bonds. The third kappa shape index (κ3) is 3.21. The van der Waals surface area contributed by atoms with E-state index in [1.165, 1.54) is 0 Å². The molecule has 0 aliphatic rings. The second-order valence-corrected chi connectivity index (χ2v) is 0.725. The van der Waals surface area contributed by atoms with E-state index in [-0.39, 0.29) is 0 Å². The normalized spacial score (nSPS) is 11.2. The summed E-state index contributed by atoms with van der Waals surface area (Å²) in [6, 6.07) is -1.20. The zero-order chi connectivity index (χ0) is 4.99. The van der Waals surface area contributed by atoms with Crippen LogP contribution in [0, 0.1) is 0 Å². The molecule has 1 nitrogen and oxygen atoms in total. The summed E-state index contributed by atoms with van der Waals surface area (Å²) in [5.74, 6) is 0. The molecule has 0 heterocycles. The van der Waals surface area contributed by atoms with E-state index in [0.717, 1.165) is 12.2 Å². The van der Waals surface area contributed by atoms with Crippen molar-refractivity contribution in [3.05, 3.63) is 24.7 Å². The quantitative estimate of drug-likeness (QED) is 0.380. The molecule has 0 atom stereocenters. The van der Waals surface area contributed by atoms with Crippen LogP contribution in [0.2, 0.25) is 0 Å². The Labute approximate surface area is 35.4 Å². The van der Waals surface area contributed by atoms with E-state index in [9.17, 15) is 4.39 Å². The van der Waals surface area contributed by atoms with Gasteiger partial charge in [0.1, 0.15) is 0 Å². The van der Waals surface area contributed by atoms with Crippen LogP contribution in [0.25, 0.3) is 0 Å². The van der Waals surface area contributed by atoms with E-state index in [1.807, 2.05) is 0 Å². The van der Waals surface area contributed by atoms with Crippen molar-refractivity contribution < 1.29 is 9.50 Å².